The molecule has 0 bridgehead atoms. The maximum absolute atomic E-state index is 10.0. The van der Waals surface area contributed by atoms with Gasteiger partial charge in [0.1, 0.15) is 42.7 Å². The van der Waals surface area contributed by atoms with Crippen LogP contribution in [0.4, 0.5) is 0 Å². The first kappa shape index (κ1) is 18.0. The van der Waals surface area contributed by atoms with E-state index in [1.54, 1.807) is 6.07 Å². The van der Waals surface area contributed by atoms with Crippen LogP contribution in [0.1, 0.15) is 0 Å². The fraction of sp³-hybridized carbons (Fsp3) is 0.643. The molecule has 2 aliphatic rings. The van der Waals surface area contributed by atoms with Crippen LogP contribution in [0.2, 0.25) is 0 Å². The normalized spacial score (nSPS) is 45.9. The van der Waals surface area contributed by atoms with Crippen LogP contribution < -0.4 is 0 Å². The highest BCUT2D eigenvalue weighted by molar-refractivity contribution is 5.34. The molecule has 128 valence electrons. The number of nitrogens with zero attached hydrogens (tertiary/aromatic N) is 1. The van der Waals surface area contributed by atoms with Gasteiger partial charge in [-0.15, -0.1) is 0 Å². The minimum Gasteiger partial charge on any atom is -0.394 e. The summed E-state index contributed by atoms with van der Waals surface area (Å²) < 4.78 is 10.6. The maximum Gasteiger partial charge on any atom is 0.187 e. The van der Waals surface area contributed by atoms with Crippen molar-refractivity contribution >= 4 is 0 Å². The highest BCUT2D eigenvalue weighted by Gasteiger charge is 2.46. The third-order valence-corrected chi connectivity index (χ3v) is 3.83. The van der Waals surface area contributed by atoms with Crippen molar-refractivity contribution in [1.29, 1.82) is 5.26 Å². The first-order chi connectivity index (χ1) is 10.9. The second kappa shape index (κ2) is 7.48. The number of hydrogen-bond acceptors (Lipinski definition) is 9. The first-order valence-electron chi connectivity index (χ1n) is 7.00. The van der Waals surface area contributed by atoms with Crippen molar-refractivity contribution in [1.82, 2.24) is 0 Å². The predicted molar refractivity (Wildman–Crippen MR) is 73.5 cm³/mol. The Morgan fingerprint density at radius 3 is 2.43 bits per heavy atom. The number of allylic oxidation sites excluding steroid dienone is 1. The van der Waals surface area contributed by atoms with Gasteiger partial charge >= 0.3 is 0 Å². The quantitative estimate of drug-likeness (QED) is 0.294. The zero-order valence-corrected chi connectivity index (χ0v) is 12.0. The Morgan fingerprint density at radius 2 is 1.83 bits per heavy atom. The Kier molecular flexibility index (Phi) is 5.85. The SMILES string of the molecule is N#C/C=C1\C=C[C@H](O)[C@H](O)[C@H]1O[C@H]1O[C@@H](CO)[C@H](O)[C@@H](O)[C@@H]1O. The molecule has 1 aliphatic heterocycles. The van der Waals surface area contributed by atoms with E-state index in [9.17, 15) is 25.5 Å². The van der Waals surface area contributed by atoms with Gasteiger partial charge in [-0.25, -0.2) is 0 Å². The average molecular weight is 329 g/mol. The summed E-state index contributed by atoms with van der Waals surface area (Å²) in [6.45, 7) is -0.624. The van der Waals surface area contributed by atoms with Crippen molar-refractivity contribution in [3.8, 4) is 6.07 Å². The summed E-state index contributed by atoms with van der Waals surface area (Å²) in [5.41, 5.74) is 0.238. The van der Waals surface area contributed by atoms with Crippen molar-refractivity contribution in [2.45, 2.75) is 49.0 Å². The molecule has 2 rings (SSSR count). The molecule has 6 N–H and O–H groups in total. The summed E-state index contributed by atoms with van der Waals surface area (Å²) in [7, 11) is 0. The molecule has 0 radical (unpaired) electrons. The summed E-state index contributed by atoms with van der Waals surface area (Å²) in [5, 5.41) is 66.9. The summed E-state index contributed by atoms with van der Waals surface area (Å²) in [6.07, 6.45) is -7.57. The van der Waals surface area contributed by atoms with Gasteiger partial charge in [0.25, 0.3) is 0 Å². The number of aliphatic hydroxyl groups excluding tert-OH is 6. The molecule has 1 fully saturated rings. The van der Waals surface area contributed by atoms with E-state index in [-0.39, 0.29) is 5.57 Å². The maximum atomic E-state index is 10.0. The van der Waals surface area contributed by atoms with Crippen LogP contribution in [0.3, 0.4) is 0 Å². The minimum atomic E-state index is -1.65. The van der Waals surface area contributed by atoms with Gasteiger partial charge in [0, 0.05) is 6.08 Å². The molecule has 23 heavy (non-hydrogen) atoms. The molecular weight excluding hydrogens is 310 g/mol. The first-order valence-corrected chi connectivity index (χ1v) is 7.00. The predicted octanol–water partition coefficient (Wildman–Crippen LogP) is -3.09. The summed E-state index contributed by atoms with van der Waals surface area (Å²) in [6, 6.07) is 1.77. The van der Waals surface area contributed by atoms with Gasteiger partial charge in [-0.2, -0.15) is 5.26 Å². The van der Waals surface area contributed by atoms with E-state index in [1.807, 2.05) is 0 Å². The van der Waals surface area contributed by atoms with E-state index in [0.29, 0.717) is 0 Å². The molecule has 0 amide bonds. The number of hydrogen-bond donors (Lipinski definition) is 6. The molecule has 0 spiro atoms. The number of rotatable bonds is 3. The van der Waals surface area contributed by atoms with Crippen LogP contribution in [-0.2, 0) is 9.47 Å². The molecule has 0 aromatic heterocycles. The van der Waals surface area contributed by atoms with Crippen LogP contribution in [0.25, 0.3) is 0 Å². The molecule has 1 aliphatic carbocycles. The van der Waals surface area contributed by atoms with Gasteiger partial charge in [-0.3, -0.25) is 0 Å². The average Bonchev–Trinajstić information content (AvgIpc) is 2.54. The summed E-state index contributed by atoms with van der Waals surface area (Å²) in [5.74, 6) is 0. The van der Waals surface area contributed by atoms with Crippen LogP contribution in [0, 0.1) is 11.3 Å². The Morgan fingerprint density at radius 1 is 1.13 bits per heavy atom. The lowest BCUT2D eigenvalue weighted by Gasteiger charge is -2.42. The second-order valence-electron chi connectivity index (χ2n) is 5.37. The highest BCUT2D eigenvalue weighted by atomic mass is 16.7. The Balaban J connectivity index is 2.20. The lowest BCUT2D eigenvalue weighted by Crippen LogP contribution is -2.60. The standard InChI is InChI=1S/C14H19NO8/c15-4-3-6-1-2-7(17)9(18)13(6)23-14-12(21)11(20)10(19)8(5-16)22-14/h1-3,7-14,16-21H,5H2/b6-3+/t7-,8-,9-,10-,11+,12-,13-,14+/m0/s1. The van der Waals surface area contributed by atoms with Crippen molar-refractivity contribution in [2.75, 3.05) is 6.61 Å². The van der Waals surface area contributed by atoms with Gasteiger partial charge in [0.15, 0.2) is 6.29 Å². The van der Waals surface area contributed by atoms with Crippen LogP contribution in [0.5, 0.6) is 0 Å². The third-order valence-electron chi connectivity index (χ3n) is 3.83. The minimum absolute atomic E-state index is 0.238. The van der Waals surface area contributed by atoms with Crippen molar-refractivity contribution in [3.05, 3.63) is 23.8 Å². The Hall–Kier alpha value is -1.35. The molecular formula is C14H19NO8. The van der Waals surface area contributed by atoms with Crippen LogP contribution in [-0.4, -0.2) is 86.3 Å². The summed E-state index contributed by atoms with van der Waals surface area (Å²) >= 11 is 0. The largest absolute Gasteiger partial charge is 0.394 e. The third kappa shape index (κ3) is 3.60. The zero-order chi connectivity index (χ0) is 17.1. The Bertz CT molecular complexity index is 513. The topological polar surface area (TPSA) is 164 Å². The van der Waals surface area contributed by atoms with E-state index in [0.717, 1.165) is 6.08 Å². The van der Waals surface area contributed by atoms with Gasteiger partial charge in [-0.1, -0.05) is 12.2 Å². The van der Waals surface area contributed by atoms with E-state index in [2.05, 4.69) is 0 Å². The monoisotopic (exact) mass is 329 g/mol. The molecule has 0 unspecified atom stereocenters. The van der Waals surface area contributed by atoms with Crippen LogP contribution in [0.15, 0.2) is 23.8 Å². The number of ether oxygens (including phenoxy) is 2. The molecule has 1 saturated heterocycles. The van der Waals surface area contributed by atoms with E-state index in [4.69, 9.17) is 19.8 Å². The van der Waals surface area contributed by atoms with Gasteiger partial charge in [-0.05, 0) is 5.57 Å². The molecule has 0 aromatic carbocycles. The molecule has 0 saturated carbocycles. The van der Waals surface area contributed by atoms with E-state index in [1.165, 1.54) is 12.2 Å². The molecule has 1 heterocycles. The van der Waals surface area contributed by atoms with E-state index >= 15 is 0 Å². The fourth-order valence-corrected chi connectivity index (χ4v) is 2.48. The zero-order valence-electron chi connectivity index (χ0n) is 12.0. The Labute approximate surface area is 131 Å². The van der Waals surface area contributed by atoms with Gasteiger partial charge in [0.05, 0.1) is 12.7 Å². The number of nitriles is 1. The van der Waals surface area contributed by atoms with Crippen molar-refractivity contribution < 1.29 is 40.1 Å². The van der Waals surface area contributed by atoms with Gasteiger partial charge < -0.3 is 40.1 Å². The van der Waals surface area contributed by atoms with Crippen LogP contribution >= 0.6 is 0 Å². The molecule has 0 aromatic rings. The fourth-order valence-electron chi connectivity index (χ4n) is 2.48. The summed E-state index contributed by atoms with van der Waals surface area (Å²) in [4.78, 5) is 0. The van der Waals surface area contributed by atoms with Crippen molar-refractivity contribution in [3.63, 3.8) is 0 Å². The second-order valence-corrected chi connectivity index (χ2v) is 5.37. The van der Waals surface area contributed by atoms with Crippen molar-refractivity contribution in [2.24, 2.45) is 0 Å². The lowest BCUT2D eigenvalue weighted by atomic mass is 9.93. The number of aliphatic hydroxyl groups is 6. The molecule has 9 heteroatoms. The molecule has 9 nitrogen and oxygen atoms in total. The van der Waals surface area contributed by atoms with Gasteiger partial charge in [0.2, 0.25) is 0 Å². The molecule has 8 atom stereocenters. The van der Waals surface area contributed by atoms with E-state index < -0.39 is 55.6 Å². The highest BCUT2D eigenvalue weighted by Crippen LogP contribution is 2.28. The lowest BCUT2D eigenvalue weighted by molar-refractivity contribution is -0.314. The smallest absolute Gasteiger partial charge is 0.187 e.